The molecule has 0 aliphatic heterocycles. The van der Waals surface area contributed by atoms with Crippen molar-refractivity contribution in [2.45, 2.75) is 19.4 Å². The van der Waals surface area contributed by atoms with Crippen LogP contribution in [0, 0.1) is 5.82 Å². The Bertz CT molecular complexity index is 1120. The van der Waals surface area contributed by atoms with Crippen LogP contribution in [0.25, 0.3) is 22.2 Å². The van der Waals surface area contributed by atoms with Crippen LogP contribution >= 0.6 is 0 Å². The first kappa shape index (κ1) is 18.9. The summed E-state index contributed by atoms with van der Waals surface area (Å²) in [7, 11) is 1.80. The number of aromatic amines is 1. The van der Waals surface area contributed by atoms with Crippen molar-refractivity contribution < 1.29 is 9.18 Å². The molecule has 1 N–H and O–H groups in total. The van der Waals surface area contributed by atoms with E-state index in [0.717, 1.165) is 33.3 Å². The van der Waals surface area contributed by atoms with E-state index in [4.69, 9.17) is 0 Å². The molecule has 0 bridgehead atoms. The van der Waals surface area contributed by atoms with Crippen molar-refractivity contribution in [3.8, 4) is 11.3 Å². The lowest BCUT2D eigenvalue weighted by Crippen LogP contribution is -2.26. The standard InChI is InChI=1S/C24H22FN3O/c1-28(16-17-11-13-26-14-12-17)23(29)10-8-20-21-15-19(25)7-9-22(21)27-24(20)18-5-3-2-4-6-18/h2-7,9,11-15,27H,8,10,16H2,1H3. The molecule has 2 heterocycles. The van der Waals surface area contributed by atoms with Gasteiger partial charge in [-0.05, 0) is 53.4 Å². The van der Waals surface area contributed by atoms with E-state index in [1.54, 1.807) is 36.5 Å². The summed E-state index contributed by atoms with van der Waals surface area (Å²) in [5.74, 6) is -0.231. The van der Waals surface area contributed by atoms with Gasteiger partial charge in [0.2, 0.25) is 5.91 Å². The lowest BCUT2D eigenvalue weighted by atomic mass is 10.0. The van der Waals surface area contributed by atoms with Gasteiger partial charge in [0.1, 0.15) is 5.82 Å². The molecule has 0 radical (unpaired) electrons. The Morgan fingerprint density at radius 1 is 1.07 bits per heavy atom. The Morgan fingerprint density at radius 2 is 1.83 bits per heavy atom. The van der Waals surface area contributed by atoms with Crippen LogP contribution in [0.4, 0.5) is 4.39 Å². The number of H-pyrrole nitrogens is 1. The highest BCUT2D eigenvalue weighted by Gasteiger charge is 2.17. The number of aromatic nitrogens is 2. The monoisotopic (exact) mass is 387 g/mol. The zero-order valence-corrected chi connectivity index (χ0v) is 16.2. The second-order valence-corrected chi connectivity index (χ2v) is 7.14. The molecule has 0 aliphatic rings. The topological polar surface area (TPSA) is 49.0 Å². The molecule has 0 fully saturated rings. The number of carbonyl (C=O) groups excluding carboxylic acids is 1. The van der Waals surface area contributed by atoms with Gasteiger partial charge in [-0.25, -0.2) is 4.39 Å². The molecule has 0 saturated carbocycles. The zero-order valence-electron chi connectivity index (χ0n) is 16.2. The third kappa shape index (κ3) is 4.19. The maximum absolute atomic E-state index is 13.9. The summed E-state index contributed by atoms with van der Waals surface area (Å²) in [6, 6.07) is 18.5. The number of benzene rings is 2. The second-order valence-electron chi connectivity index (χ2n) is 7.14. The number of fused-ring (bicyclic) bond motifs is 1. The van der Waals surface area contributed by atoms with Crippen LogP contribution in [0.3, 0.4) is 0 Å². The first-order valence-electron chi connectivity index (χ1n) is 9.60. The first-order chi connectivity index (χ1) is 14.1. The molecule has 4 aromatic rings. The Balaban J connectivity index is 1.58. The number of nitrogens with zero attached hydrogens (tertiary/aromatic N) is 2. The first-order valence-corrected chi connectivity index (χ1v) is 9.60. The highest BCUT2D eigenvalue weighted by molar-refractivity contribution is 5.91. The number of pyridine rings is 1. The highest BCUT2D eigenvalue weighted by atomic mass is 19.1. The number of carbonyl (C=O) groups is 1. The van der Waals surface area contributed by atoms with Crippen molar-refractivity contribution in [1.29, 1.82) is 0 Å². The zero-order chi connectivity index (χ0) is 20.2. The van der Waals surface area contributed by atoms with Crippen LogP contribution in [0.2, 0.25) is 0 Å². The number of hydrogen-bond acceptors (Lipinski definition) is 2. The summed E-state index contributed by atoms with van der Waals surface area (Å²) < 4.78 is 13.9. The molecule has 0 atom stereocenters. The van der Waals surface area contributed by atoms with Crippen molar-refractivity contribution in [3.05, 3.63) is 90.0 Å². The summed E-state index contributed by atoms with van der Waals surface area (Å²) in [6.07, 6.45) is 4.33. The van der Waals surface area contributed by atoms with Gasteiger partial charge in [0.05, 0.1) is 0 Å². The van der Waals surface area contributed by atoms with E-state index in [1.807, 2.05) is 42.5 Å². The van der Waals surface area contributed by atoms with Crippen LogP contribution < -0.4 is 0 Å². The minimum atomic E-state index is -0.279. The molecule has 2 aromatic heterocycles. The van der Waals surface area contributed by atoms with Gasteiger partial charge in [-0.2, -0.15) is 0 Å². The average Bonchev–Trinajstić information content (AvgIpc) is 3.11. The smallest absolute Gasteiger partial charge is 0.222 e. The normalized spacial score (nSPS) is 11.0. The van der Waals surface area contributed by atoms with Gasteiger partial charge in [-0.1, -0.05) is 30.3 Å². The average molecular weight is 387 g/mol. The number of rotatable bonds is 6. The molecular weight excluding hydrogens is 365 g/mol. The van der Waals surface area contributed by atoms with E-state index in [2.05, 4.69) is 9.97 Å². The van der Waals surface area contributed by atoms with Crippen LogP contribution in [-0.2, 0) is 17.8 Å². The fraction of sp³-hybridized carbons (Fsp3) is 0.167. The minimum absolute atomic E-state index is 0.0478. The molecule has 0 spiro atoms. The van der Waals surface area contributed by atoms with E-state index in [-0.39, 0.29) is 11.7 Å². The van der Waals surface area contributed by atoms with Gasteiger partial charge in [0, 0.05) is 49.0 Å². The summed E-state index contributed by atoms with van der Waals surface area (Å²) in [4.78, 5) is 21.8. The number of nitrogens with one attached hydrogen (secondary N) is 1. The quantitative estimate of drug-likeness (QED) is 0.508. The molecule has 29 heavy (non-hydrogen) atoms. The number of amides is 1. The van der Waals surface area contributed by atoms with Gasteiger partial charge < -0.3 is 9.88 Å². The molecule has 4 nitrogen and oxygen atoms in total. The van der Waals surface area contributed by atoms with Crippen molar-refractivity contribution in [1.82, 2.24) is 14.9 Å². The van der Waals surface area contributed by atoms with Gasteiger partial charge in [0.25, 0.3) is 0 Å². The lowest BCUT2D eigenvalue weighted by Gasteiger charge is -2.17. The molecule has 1 amide bonds. The summed E-state index contributed by atoms with van der Waals surface area (Å²) in [5, 5.41) is 0.827. The lowest BCUT2D eigenvalue weighted by molar-refractivity contribution is -0.130. The van der Waals surface area contributed by atoms with Gasteiger partial charge in [-0.15, -0.1) is 0 Å². The maximum atomic E-state index is 13.9. The van der Waals surface area contributed by atoms with Gasteiger partial charge in [-0.3, -0.25) is 9.78 Å². The number of aryl methyl sites for hydroxylation is 1. The Hall–Kier alpha value is -3.47. The summed E-state index contributed by atoms with van der Waals surface area (Å²) in [6.45, 7) is 0.537. The fourth-order valence-corrected chi connectivity index (χ4v) is 3.60. The Kier molecular flexibility index (Phi) is 5.38. The molecule has 146 valence electrons. The SMILES string of the molecule is CN(Cc1ccncc1)C(=O)CCc1c(-c2ccccc2)[nH]c2ccc(F)cc12. The van der Waals surface area contributed by atoms with Crippen molar-refractivity contribution in [2.75, 3.05) is 7.05 Å². The van der Waals surface area contributed by atoms with Crippen LogP contribution in [-0.4, -0.2) is 27.8 Å². The van der Waals surface area contributed by atoms with Gasteiger partial charge in [0.15, 0.2) is 0 Å². The molecular formula is C24H22FN3O. The van der Waals surface area contributed by atoms with E-state index < -0.39 is 0 Å². The van der Waals surface area contributed by atoms with Crippen molar-refractivity contribution in [2.24, 2.45) is 0 Å². The summed E-state index contributed by atoms with van der Waals surface area (Å²) in [5.41, 5.74) is 4.84. The van der Waals surface area contributed by atoms with Gasteiger partial charge >= 0.3 is 0 Å². The maximum Gasteiger partial charge on any atom is 0.222 e. The minimum Gasteiger partial charge on any atom is -0.354 e. The van der Waals surface area contributed by atoms with E-state index in [1.165, 1.54) is 6.07 Å². The van der Waals surface area contributed by atoms with E-state index in [0.29, 0.717) is 19.4 Å². The molecule has 5 heteroatoms. The van der Waals surface area contributed by atoms with Crippen molar-refractivity contribution >= 4 is 16.8 Å². The largest absolute Gasteiger partial charge is 0.354 e. The number of halogens is 1. The van der Waals surface area contributed by atoms with E-state index in [9.17, 15) is 9.18 Å². The third-order valence-corrected chi connectivity index (χ3v) is 5.11. The molecule has 0 unspecified atom stereocenters. The Morgan fingerprint density at radius 3 is 2.59 bits per heavy atom. The predicted molar refractivity (Wildman–Crippen MR) is 113 cm³/mol. The molecule has 2 aromatic carbocycles. The van der Waals surface area contributed by atoms with Crippen LogP contribution in [0.1, 0.15) is 17.5 Å². The van der Waals surface area contributed by atoms with Crippen LogP contribution in [0.15, 0.2) is 73.1 Å². The highest BCUT2D eigenvalue weighted by Crippen LogP contribution is 2.32. The summed E-state index contributed by atoms with van der Waals surface area (Å²) >= 11 is 0. The Labute approximate surface area is 169 Å². The molecule has 0 saturated heterocycles. The molecule has 4 rings (SSSR count). The molecule has 0 aliphatic carbocycles. The third-order valence-electron chi connectivity index (χ3n) is 5.11. The predicted octanol–water partition coefficient (Wildman–Crippen LogP) is 4.96. The fourth-order valence-electron chi connectivity index (χ4n) is 3.60. The second kappa shape index (κ2) is 8.27. The van der Waals surface area contributed by atoms with E-state index >= 15 is 0 Å². The van der Waals surface area contributed by atoms with Crippen molar-refractivity contribution in [3.63, 3.8) is 0 Å². The number of hydrogen-bond donors (Lipinski definition) is 1. The van der Waals surface area contributed by atoms with Crippen LogP contribution in [0.5, 0.6) is 0 Å².